The zero-order chi connectivity index (χ0) is 20.9. The van der Waals surface area contributed by atoms with Gasteiger partial charge in [-0.1, -0.05) is 12.1 Å². The molecule has 4 rings (SSSR count). The van der Waals surface area contributed by atoms with Crippen LogP contribution in [0, 0.1) is 0 Å². The molecule has 9 nitrogen and oxygen atoms in total. The van der Waals surface area contributed by atoms with Gasteiger partial charge in [-0.05, 0) is 36.8 Å². The van der Waals surface area contributed by atoms with Crippen LogP contribution in [-0.2, 0) is 4.74 Å². The molecule has 1 aliphatic rings. The molecule has 9 heteroatoms. The molecule has 1 fully saturated rings. The number of benzene rings is 1. The second kappa shape index (κ2) is 8.85. The van der Waals surface area contributed by atoms with E-state index in [0.717, 1.165) is 17.7 Å². The van der Waals surface area contributed by atoms with E-state index in [-0.39, 0.29) is 17.6 Å². The van der Waals surface area contributed by atoms with E-state index in [1.54, 1.807) is 30.6 Å². The highest BCUT2D eigenvalue weighted by Gasteiger charge is 2.23. The summed E-state index contributed by atoms with van der Waals surface area (Å²) >= 11 is 0. The number of amides is 1. The van der Waals surface area contributed by atoms with Crippen LogP contribution in [0.25, 0.3) is 11.4 Å². The summed E-state index contributed by atoms with van der Waals surface area (Å²) in [6, 6.07) is 12.6. The van der Waals surface area contributed by atoms with E-state index < -0.39 is 5.91 Å². The number of aromatic nitrogens is 3. The maximum absolute atomic E-state index is 11.9. The van der Waals surface area contributed by atoms with Crippen molar-refractivity contribution in [2.24, 2.45) is 11.5 Å². The Morgan fingerprint density at radius 1 is 1.13 bits per heavy atom. The van der Waals surface area contributed by atoms with E-state index in [0.29, 0.717) is 30.7 Å². The Morgan fingerprint density at radius 2 is 1.97 bits per heavy atom. The normalized spacial score (nSPS) is 18.6. The minimum Gasteiger partial charge on any atom is -0.380 e. The summed E-state index contributed by atoms with van der Waals surface area (Å²) in [5, 5.41) is 6.52. The molecule has 6 N–H and O–H groups in total. The fourth-order valence-electron chi connectivity index (χ4n) is 3.28. The minimum atomic E-state index is -0.568. The highest BCUT2D eigenvalue weighted by Crippen LogP contribution is 2.25. The monoisotopic (exact) mass is 405 g/mol. The van der Waals surface area contributed by atoms with Gasteiger partial charge in [0.25, 0.3) is 5.91 Å². The predicted molar refractivity (Wildman–Crippen MR) is 114 cm³/mol. The van der Waals surface area contributed by atoms with Crippen molar-refractivity contribution in [2.75, 3.05) is 23.8 Å². The van der Waals surface area contributed by atoms with E-state index in [4.69, 9.17) is 16.2 Å². The summed E-state index contributed by atoms with van der Waals surface area (Å²) in [6.07, 6.45) is 4.15. The smallest absolute Gasteiger partial charge is 0.252 e. The van der Waals surface area contributed by atoms with Crippen molar-refractivity contribution >= 4 is 23.2 Å². The lowest BCUT2D eigenvalue weighted by Crippen LogP contribution is -2.47. The van der Waals surface area contributed by atoms with Gasteiger partial charge in [0.05, 0.1) is 12.2 Å². The van der Waals surface area contributed by atoms with Gasteiger partial charge >= 0.3 is 0 Å². The second-order valence-corrected chi connectivity index (χ2v) is 7.01. The van der Waals surface area contributed by atoms with Crippen molar-refractivity contribution in [1.82, 2.24) is 15.0 Å². The van der Waals surface area contributed by atoms with Gasteiger partial charge in [-0.3, -0.25) is 4.79 Å². The number of hydrogen-bond acceptors (Lipinski definition) is 8. The molecule has 0 bridgehead atoms. The van der Waals surface area contributed by atoms with Crippen molar-refractivity contribution in [3.63, 3.8) is 0 Å². The van der Waals surface area contributed by atoms with Gasteiger partial charge in [0.1, 0.15) is 11.6 Å². The van der Waals surface area contributed by atoms with Gasteiger partial charge < -0.3 is 26.8 Å². The van der Waals surface area contributed by atoms with E-state index >= 15 is 0 Å². The molecule has 0 saturated carbocycles. The Kier molecular flexibility index (Phi) is 5.82. The quantitative estimate of drug-likeness (QED) is 0.487. The number of nitrogens with two attached hydrogens (primary N) is 2. The number of carbonyl (C=O) groups is 1. The molecule has 30 heavy (non-hydrogen) atoms. The molecule has 0 radical (unpaired) electrons. The lowest BCUT2D eigenvalue weighted by Gasteiger charge is -2.30. The van der Waals surface area contributed by atoms with Crippen LogP contribution in [0.3, 0.4) is 0 Å². The molecular formula is C21H23N7O2. The topological polar surface area (TPSA) is 141 Å². The molecule has 1 saturated heterocycles. The fourth-order valence-corrected chi connectivity index (χ4v) is 3.28. The Labute approximate surface area is 173 Å². The average molecular weight is 405 g/mol. The van der Waals surface area contributed by atoms with Gasteiger partial charge in [-0.25, -0.2) is 15.0 Å². The first kappa shape index (κ1) is 19.7. The molecule has 1 aliphatic heterocycles. The molecule has 0 spiro atoms. The number of ether oxygens (including phenoxy) is 1. The molecule has 154 valence electrons. The van der Waals surface area contributed by atoms with Crippen molar-refractivity contribution < 1.29 is 9.53 Å². The van der Waals surface area contributed by atoms with Crippen molar-refractivity contribution in [3.05, 3.63) is 60.4 Å². The summed E-state index contributed by atoms with van der Waals surface area (Å²) in [7, 11) is 0. The third-order valence-corrected chi connectivity index (χ3v) is 4.84. The summed E-state index contributed by atoms with van der Waals surface area (Å²) in [5.74, 6) is 1.00. The maximum Gasteiger partial charge on any atom is 0.252 e. The summed E-state index contributed by atoms with van der Waals surface area (Å²) in [5.41, 5.74) is 13.5. The number of carbonyl (C=O) groups excluding carboxylic acids is 1. The van der Waals surface area contributed by atoms with Crippen LogP contribution in [0.4, 0.5) is 17.3 Å². The Balaban J connectivity index is 1.60. The molecule has 3 heterocycles. The molecule has 1 amide bonds. The number of nitrogens with one attached hydrogen (secondary N) is 2. The third-order valence-electron chi connectivity index (χ3n) is 4.84. The van der Waals surface area contributed by atoms with Crippen LogP contribution in [0.15, 0.2) is 54.9 Å². The molecule has 2 atom stereocenters. The largest absolute Gasteiger partial charge is 0.380 e. The van der Waals surface area contributed by atoms with Crippen LogP contribution in [0.1, 0.15) is 16.8 Å². The number of rotatable bonds is 6. The summed E-state index contributed by atoms with van der Waals surface area (Å²) in [6.45, 7) is 1.14. The number of nitrogens with zero attached hydrogens (tertiary/aromatic N) is 3. The van der Waals surface area contributed by atoms with Gasteiger partial charge in [-0.15, -0.1) is 0 Å². The zero-order valence-electron chi connectivity index (χ0n) is 16.3. The van der Waals surface area contributed by atoms with Crippen LogP contribution in [0.2, 0.25) is 0 Å². The first-order chi connectivity index (χ1) is 14.6. The van der Waals surface area contributed by atoms with Crippen molar-refractivity contribution in [1.29, 1.82) is 0 Å². The average Bonchev–Trinajstić information content (AvgIpc) is 2.76. The SMILES string of the molecule is NC(=O)c1ccc(N[C@@H]2CCOC[C@@H]2N)nc1Nc1cccc(-c2ncccn2)c1. The van der Waals surface area contributed by atoms with E-state index in [9.17, 15) is 4.79 Å². The van der Waals surface area contributed by atoms with E-state index in [1.165, 1.54) is 0 Å². The number of anilines is 3. The van der Waals surface area contributed by atoms with Crippen LogP contribution < -0.4 is 22.1 Å². The van der Waals surface area contributed by atoms with Crippen molar-refractivity contribution in [3.8, 4) is 11.4 Å². The fraction of sp³-hybridized carbons (Fsp3) is 0.238. The molecular weight excluding hydrogens is 382 g/mol. The molecule has 3 aromatic rings. The summed E-state index contributed by atoms with van der Waals surface area (Å²) in [4.78, 5) is 25.0. The Bertz CT molecular complexity index is 1030. The van der Waals surface area contributed by atoms with Gasteiger partial charge in [0.2, 0.25) is 0 Å². The Hall–Kier alpha value is -3.56. The molecule has 1 aromatic carbocycles. The summed E-state index contributed by atoms with van der Waals surface area (Å²) < 4.78 is 5.38. The van der Waals surface area contributed by atoms with Crippen LogP contribution >= 0.6 is 0 Å². The Morgan fingerprint density at radius 3 is 2.73 bits per heavy atom. The van der Waals surface area contributed by atoms with Gasteiger partial charge in [0, 0.05) is 42.3 Å². The van der Waals surface area contributed by atoms with E-state index in [2.05, 4.69) is 25.6 Å². The highest BCUT2D eigenvalue weighted by atomic mass is 16.5. The third kappa shape index (κ3) is 4.53. The first-order valence-corrected chi connectivity index (χ1v) is 9.65. The number of pyridine rings is 1. The van der Waals surface area contributed by atoms with E-state index in [1.807, 2.05) is 24.3 Å². The minimum absolute atomic E-state index is 0.0390. The number of hydrogen-bond donors (Lipinski definition) is 4. The molecule has 0 aliphatic carbocycles. The van der Waals surface area contributed by atoms with Crippen LogP contribution in [-0.4, -0.2) is 46.2 Å². The zero-order valence-corrected chi connectivity index (χ0v) is 16.3. The first-order valence-electron chi connectivity index (χ1n) is 9.65. The lowest BCUT2D eigenvalue weighted by molar-refractivity contribution is 0.0752. The molecule has 2 aromatic heterocycles. The molecule has 0 unspecified atom stereocenters. The standard InChI is InChI=1S/C21H23N7O2/c22-16-12-30-10-7-17(16)27-18-6-5-15(19(23)29)21(28-18)26-14-4-1-3-13(11-14)20-24-8-2-9-25-20/h1-6,8-9,11,16-17H,7,10,12,22H2,(H2,23,29)(H2,26,27,28)/t16-,17+/m0/s1. The second-order valence-electron chi connectivity index (χ2n) is 7.01. The highest BCUT2D eigenvalue weighted by molar-refractivity contribution is 5.98. The van der Waals surface area contributed by atoms with Gasteiger partial charge in [0.15, 0.2) is 5.82 Å². The number of primary amides is 1. The van der Waals surface area contributed by atoms with Crippen LogP contribution in [0.5, 0.6) is 0 Å². The maximum atomic E-state index is 11.9. The predicted octanol–water partition coefficient (Wildman–Crippen LogP) is 1.91. The lowest BCUT2D eigenvalue weighted by atomic mass is 10.0. The van der Waals surface area contributed by atoms with Crippen molar-refractivity contribution in [2.45, 2.75) is 18.5 Å². The van der Waals surface area contributed by atoms with Gasteiger partial charge in [-0.2, -0.15) is 0 Å².